The highest BCUT2D eigenvalue weighted by Gasteiger charge is 2.45. The second-order valence-corrected chi connectivity index (χ2v) is 10.0. The molecule has 0 unspecified atom stereocenters. The lowest BCUT2D eigenvalue weighted by Gasteiger charge is -2.49. The van der Waals surface area contributed by atoms with E-state index in [9.17, 15) is 18.3 Å². The number of hydrogen-bond donors (Lipinski definition) is 2. The number of nitrogens with zero attached hydrogens (tertiary/aromatic N) is 1. The molecule has 1 aliphatic rings. The van der Waals surface area contributed by atoms with Crippen LogP contribution in [0.15, 0.2) is 59.5 Å². The Bertz CT molecular complexity index is 956. The highest BCUT2D eigenvalue weighted by atomic mass is 32.2. The molecule has 1 aliphatic heterocycles. The summed E-state index contributed by atoms with van der Waals surface area (Å²) in [6.07, 6.45) is 1.71. The first-order valence-corrected chi connectivity index (χ1v) is 11.5. The first kappa shape index (κ1) is 21.5. The van der Waals surface area contributed by atoms with Crippen LogP contribution in [0.3, 0.4) is 0 Å². The number of likely N-dealkylation sites (tertiary alicyclic amines) is 1. The van der Waals surface area contributed by atoms with Gasteiger partial charge in [-0.1, -0.05) is 42.5 Å². The number of aliphatic hydroxyl groups is 1. The number of carbonyl (C=O) groups is 1. The molecular weight excluding hydrogens is 388 g/mol. The monoisotopic (exact) mass is 416 g/mol. The molecule has 6 nitrogen and oxygen atoms in total. The SMILES string of the molecule is CC(=O)N[C@H]1[C@H](c2ccccc2)N(Cc2ccc(S(C)(=O)=O)cc2)CC[C@@]1(C)O. The summed E-state index contributed by atoms with van der Waals surface area (Å²) in [6, 6.07) is 16.0. The molecule has 2 N–H and O–H groups in total. The zero-order chi connectivity index (χ0) is 21.2. The Morgan fingerprint density at radius 2 is 1.79 bits per heavy atom. The van der Waals surface area contributed by atoms with Gasteiger partial charge >= 0.3 is 0 Å². The molecule has 29 heavy (non-hydrogen) atoms. The van der Waals surface area contributed by atoms with Gasteiger partial charge in [0.25, 0.3) is 0 Å². The lowest BCUT2D eigenvalue weighted by atomic mass is 9.79. The Kier molecular flexibility index (Phi) is 6.12. The Morgan fingerprint density at radius 3 is 2.34 bits per heavy atom. The Balaban J connectivity index is 1.94. The summed E-state index contributed by atoms with van der Waals surface area (Å²) >= 11 is 0. The minimum absolute atomic E-state index is 0.185. The number of sulfone groups is 1. The zero-order valence-electron chi connectivity index (χ0n) is 17.0. The molecule has 0 radical (unpaired) electrons. The smallest absolute Gasteiger partial charge is 0.217 e. The van der Waals surface area contributed by atoms with E-state index in [1.54, 1.807) is 19.1 Å². The number of amides is 1. The van der Waals surface area contributed by atoms with Crippen molar-refractivity contribution in [3.05, 3.63) is 65.7 Å². The fourth-order valence-electron chi connectivity index (χ4n) is 3.98. The van der Waals surface area contributed by atoms with Crippen molar-refractivity contribution in [1.82, 2.24) is 10.2 Å². The molecule has 3 atom stereocenters. The van der Waals surface area contributed by atoms with E-state index in [1.165, 1.54) is 13.2 Å². The minimum Gasteiger partial charge on any atom is -0.388 e. The maximum absolute atomic E-state index is 11.9. The van der Waals surface area contributed by atoms with Crippen LogP contribution in [0, 0.1) is 0 Å². The van der Waals surface area contributed by atoms with Crippen LogP contribution >= 0.6 is 0 Å². The third-order valence-electron chi connectivity index (χ3n) is 5.52. The molecule has 0 aromatic heterocycles. The van der Waals surface area contributed by atoms with Crippen LogP contribution in [-0.2, 0) is 21.2 Å². The largest absolute Gasteiger partial charge is 0.388 e. The molecule has 0 saturated carbocycles. The third kappa shape index (κ3) is 5.04. The van der Waals surface area contributed by atoms with Gasteiger partial charge in [-0.15, -0.1) is 0 Å². The Labute approximate surface area is 172 Å². The number of hydrogen-bond acceptors (Lipinski definition) is 5. The lowest BCUT2D eigenvalue weighted by molar-refractivity contribution is -0.126. The van der Waals surface area contributed by atoms with E-state index in [2.05, 4.69) is 10.2 Å². The van der Waals surface area contributed by atoms with E-state index in [0.29, 0.717) is 24.4 Å². The Hall–Kier alpha value is -2.22. The molecule has 0 spiro atoms. The summed E-state index contributed by atoms with van der Waals surface area (Å²) in [6.45, 7) is 4.45. The number of nitrogens with one attached hydrogen (secondary N) is 1. The molecule has 0 aliphatic carbocycles. The Morgan fingerprint density at radius 1 is 1.17 bits per heavy atom. The fourth-order valence-corrected chi connectivity index (χ4v) is 4.61. The zero-order valence-corrected chi connectivity index (χ0v) is 17.8. The molecule has 7 heteroatoms. The predicted molar refractivity (Wildman–Crippen MR) is 112 cm³/mol. The first-order valence-electron chi connectivity index (χ1n) is 9.65. The van der Waals surface area contributed by atoms with Gasteiger partial charge < -0.3 is 10.4 Å². The predicted octanol–water partition coefficient (Wildman–Crippen LogP) is 2.29. The van der Waals surface area contributed by atoms with Gasteiger partial charge in [0.2, 0.25) is 5.91 Å². The van der Waals surface area contributed by atoms with Crippen LogP contribution in [0.1, 0.15) is 37.4 Å². The van der Waals surface area contributed by atoms with Crippen molar-refractivity contribution in [2.45, 2.75) is 49.4 Å². The van der Waals surface area contributed by atoms with Crippen molar-refractivity contribution in [2.75, 3.05) is 12.8 Å². The van der Waals surface area contributed by atoms with Crippen LogP contribution in [0.4, 0.5) is 0 Å². The van der Waals surface area contributed by atoms with E-state index in [4.69, 9.17) is 0 Å². The van der Waals surface area contributed by atoms with Crippen LogP contribution in [0.2, 0.25) is 0 Å². The summed E-state index contributed by atoms with van der Waals surface area (Å²) in [4.78, 5) is 14.4. The summed E-state index contributed by atoms with van der Waals surface area (Å²) < 4.78 is 23.4. The average Bonchev–Trinajstić information content (AvgIpc) is 2.65. The average molecular weight is 417 g/mol. The van der Waals surface area contributed by atoms with E-state index in [1.807, 2.05) is 42.5 Å². The fraction of sp³-hybridized carbons (Fsp3) is 0.409. The maximum atomic E-state index is 11.9. The van der Waals surface area contributed by atoms with Crippen molar-refractivity contribution in [1.29, 1.82) is 0 Å². The van der Waals surface area contributed by atoms with Crippen LogP contribution < -0.4 is 5.32 Å². The molecule has 1 heterocycles. The van der Waals surface area contributed by atoms with Gasteiger partial charge in [0.05, 0.1) is 22.6 Å². The normalized spacial score (nSPS) is 25.5. The van der Waals surface area contributed by atoms with Crippen LogP contribution in [-0.4, -0.2) is 48.8 Å². The number of piperidine rings is 1. The molecule has 2 aromatic carbocycles. The topological polar surface area (TPSA) is 86.7 Å². The molecule has 1 saturated heterocycles. The highest BCUT2D eigenvalue weighted by Crippen LogP contribution is 2.38. The van der Waals surface area contributed by atoms with E-state index < -0.39 is 21.5 Å². The van der Waals surface area contributed by atoms with Gasteiger partial charge in [-0.3, -0.25) is 9.69 Å². The standard InChI is InChI=1S/C22H28N2O4S/c1-16(25)23-21-20(18-7-5-4-6-8-18)24(14-13-22(21,2)26)15-17-9-11-19(12-10-17)29(3,27)28/h4-12,20-21,26H,13-15H2,1-3H3,(H,23,25)/t20-,21-,22+/m0/s1. The summed E-state index contributed by atoms with van der Waals surface area (Å²) in [7, 11) is -3.24. The van der Waals surface area contributed by atoms with Gasteiger partial charge in [0, 0.05) is 26.3 Å². The van der Waals surface area contributed by atoms with Crippen molar-refractivity contribution in [3.63, 3.8) is 0 Å². The molecule has 0 bridgehead atoms. The van der Waals surface area contributed by atoms with Crippen molar-refractivity contribution >= 4 is 15.7 Å². The van der Waals surface area contributed by atoms with Gasteiger partial charge in [0.15, 0.2) is 9.84 Å². The lowest BCUT2D eigenvalue weighted by Crippen LogP contribution is -2.62. The molecule has 2 aromatic rings. The van der Waals surface area contributed by atoms with Gasteiger partial charge in [-0.2, -0.15) is 0 Å². The first-order chi connectivity index (χ1) is 13.6. The number of benzene rings is 2. The van der Waals surface area contributed by atoms with Gasteiger partial charge in [-0.05, 0) is 36.6 Å². The minimum atomic E-state index is -3.24. The molecule has 3 rings (SSSR count). The second-order valence-electron chi connectivity index (χ2n) is 8.03. The van der Waals surface area contributed by atoms with Crippen molar-refractivity contribution in [3.8, 4) is 0 Å². The highest BCUT2D eigenvalue weighted by molar-refractivity contribution is 7.90. The van der Waals surface area contributed by atoms with Gasteiger partial charge in [0.1, 0.15) is 0 Å². The van der Waals surface area contributed by atoms with E-state index >= 15 is 0 Å². The van der Waals surface area contributed by atoms with Crippen molar-refractivity contribution in [2.24, 2.45) is 0 Å². The molecule has 156 valence electrons. The van der Waals surface area contributed by atoms with Gasteiger partial charge in [-0.25, -0.2) is 8.42 Å². The maximum Gasteiger partial charge on any atom is 0.217 e. The van der Waals surface area contributed by atoms with Crippen LogP contribution in [0.5, 0.6) is 0 Å². The quantitative estimate of drug-likeness (QED) is 0.781. The summed E-state index contributed by atoms with van der Waals surface area (Å²) in [5.74, 6) is -0.185. The van der Waals surface area contributed by atoms with E-state index in [0.717, 1.165) is 11.1 Å². The molecule has 1 fully saturated rings. The number of rotatable bonds is 5. The molecular formula is C22H28N2O4S. The van der Waals surface area contributed by atoms with Crippen LogP contribution in [0.25, 0.3) is 0 Å². The van der Waals surface area contributed by atoms with Crippen molar-refractivity contribution < 1.29 is 18.3 Å². The summed E-state index contributed by atoms with van der Waals surface area (Å²) in [5, 5.41) is 14.0. The molecule has 1 amide bonds. The van der Waals surface area contributed by atoms with E-state index in [-0.39, 0.29) is 11.9 Å². The number of carbonyl (C=O) groups excluding carboxylic acids is 1. The second kappa shape index (κ2) is 8.26. The summed E-state index contributed by atoms with van der Waals surface area (Å²) in [5.41, 5.74) is 0.948. The third-order valence-corrected chi connectivity index (χ3v) is 6.65.